The number of hydrogen-bond acceptors (Lipinski definition) is 3. The first-order valence-corrected chi connectivity index (χ1v) is 6.51. The molecule has 100 valence electrons. The summed E-state index contributed by atoms with van der Waals surface area (Å²) in [6, 6.07) is 5.29. The van der Waals surface area contributed by atoms with E-state index in [0.29, 0.717) is 6.54 Å². The third kappa shape index (κ3) is 3.00. The monoisotopic (exact) mass is 252 g/mol. The molecule has 1 saturated heterocycles. The molecule has 4 heteroatoms. The number of benzene rings is 1. The number of ether oxygens (including phenoxy) is 1. The topological polar surface area (TPSA) is 24.5 Å². The predicted octanol–water partition coefficient (Wildman–Crippen LogP) is 2.16. The van der Waals surface area contributed by atoms with E-state index in [-0.39, 0.29) is 11.9 Å². The summed E-state index contributed by atoms with van der Waals surface area (Å²) in [6.07, 6.45) is 1.18. The van der Waals surface area contributed by atoms with Crippen LogP contribution in [0.25, 0.3) is 0 Å². The molecule has 0 radical (unpaired) electrons. The van der Waals surface area contributed by atoms with Crippen molar-refractivity contribution in [2.75, 3.05) is 31.6 Å². The number of rotatable bonds is 3. The van der Waals surface area contributed by atoms with Gasteiger partial charge in [-0.05, 0) is 32.5 Å². The summed E-state index contributed by atoms with van der Waals surface area (Å²) in [4.78, 5) is 2.23. The van der Waals surface area contributed by atoms with E-state index in [4.69, 9.17) is 4.74 Å². The quantitative estimate of drug-likeness (QED) is 0.892. The van der Waals surface area contributed by atoms with E-state index in [1.54, 1.807) is 6.07 Å². The molecule has 1 heterocycles. The summed E-state index contributed by atoms with van der Waals surface area (Å²) in [7, 11) is 1.84. The Bertz CT molecular complexity index is 397. The van der Waals surface area contributed by atoms with Gasteiger partial charge < -0.3 is 15.0 Å². The van der Waals surface area contributed by atoms with Crippen LogP contribution >= 0.6 is 0 Å². The molecule has 1 aromatic carbocycles. The molecule has 0 saturated carbocycles. The average Bonchev–Trinajstić information content (AvgIpc) is 2.57. The maximum atomic E-state index is 13.9. The molecule has 18 heavy (non-hydrogen) atoms. The number of nitrogens with one attached hydrogen (secondary N) is 1. The Balaban J connectivity index is 2.27. The van der Waals surface area contributed by atoms with E-state index in [1.807, 2.05) is 13.1 Å². The molecule has 0 amide bonds. The molecule has 1 aliphatic heterocycles. The third-order valence-corrected chi connectivity index (χ3v) is 3.24. The number of nitrogens with zero attached hydrogens (tertiary/aromatic N) is 1. The Kier molecular flexibility index (Phi) is 4.55. The van der Waals surface area contributed by atoms with Crippen molar-refractivity contribution in [3.8, 4) is 0 Å². The van der Waals surface area contributed by atoms with Crippen LogP contribution in [0.5, 0.6) is 0 Å². The van der Waals surface area contributed by atoms with Gasteiger partial charge in [-0.1, -0.05) is 6.07 Å². The Labute approximate surface area is 108 Å². The summed E-state index contributed by atoms with van der Waals surface area (Å²) < 4.78 is 19.5. The average molecular weight is 252 g/mol. The Morgan fingerprint density at radius 1 is 1.50 bits per heavy atom. The van der Waals surface area contributed by atoms with E-state index in [2.05, 4.69) is 17.1 Å². The molecule has 0 bridgehead atoms. The first-order chi connectivity index (χ1) is 8.72. The summed E-state index contributed by atoms with van der Waals surface area (Å²) in [5.74, 6) is -0.139. The van der Waals surface area contributed by atoms with Gasteiger partial charge in [-0.2, -0.15) is 0 Å². The van der Waals surface area contributed by atoms with Crippen molar-refractivity contribution < 1.29 is 9.13 Å². The van der Waals surface area contributed by atoms with Crippen molar-refractivity contribution in [3.05, 3.63) is 29.6 Å². The standard InChI is InChI=1S/C14H21FN2O/c1-11-10-17(7-4-8-18-11)14-6-3-5-13(15)12(14)9-16-2/h3,5-6,11,16H,4,7-10H2,1-2H3. The van der Waals surface area contributed by atoms with Crippen molar-refractivity contribution in [2.45, 2.75) is 26.0 Å². The van der Waals surface area contributed by atoms with Gasteiger partial charge in [0.2, 0.25) is 0 Å². The van der Waals surface area contributed by atoms with Gasteiger partial charge in [0, 0.05) is 37.5 Å². The van der Waals surface area contributed by atoms with Crippen LogP contribution in [0.2, 0.25) is 0 Å². The first kappa shape index (κ1) is 13.3. The lowest BCUT2D eigenvalue weighted by Crippen LogP contribution is -2.31. The van der Waals surface area contributed by atoms with Crippen molar-refractivity contribution >= 4 is 5.69 Å². The fourth-order valence-corrected chi connectivity index (χ4v) is 2.41. The first-order valence-electron chi connectivity index (χ1n) is 6.51. The summed E-state index contributed by atoms with van der Waals surface area (Å²) in [5, 5.41) is 3.03. The van der Waals surface area contributed by atoms with Gasteiger partial charge >= 0.3 is 0 Å². The van der Waals surface area contributed by atoms with Gasteiger partial charge in [0.1, 0.15) is 5.82 Å². The van der Waals surface area contributed by atoms with E-state index in [0.717, 1.165) is 37.4 Å². The number of halogens is 1. The molecule has 1 fully saturated rings. The molecule has 2 rings (SSSR count). The van der Waals surface area contributed by atoms with Gasteiger partial charge in [-0.15, -0.1) is 0 Å². The third-order valence-electron chi connectivity index (χ3n) is 3.24. The van der Waals surface area contributed by atoms with Crippen LogP contribution in [0.3, 0.4) is 0 Å². The SMILES string of the molecule is CNCc1c(F)cccc1N1CCCOC(C)C1. The lowest BCUT2D eigenvalue weighted by molar-refractivity contribution is 0.0820. The van der Waals surface area contributed by atoms with E-state index >= 15 is 0 Å². The summed E-state index contributed by atoms with van der Waals surface area (Å²) in [5.41, 5.74) is 1.73. The van der Waals surface area contributed by atoms with E-state index in [1.165, 1.54) is 6.07 Å². The summed E-state index contributed by atoms with van der Waals surface area (Å²) >= 11 is 0. The summed E-state index contributed by atoms with van der Waals surface area (Å²) in [6.45, 7) is 5.14. The highest BCUT2D eigenvalue weighted by molar-refractivity contribution is 5.54. The minimum absolute atomic E-state index is 0.139. The second-order valence-corrected chi connectivity index (χ2v) is 4.75. The van der Waals surface area contributed by atoms with Gasteiger partial charge in [0.15, 0.2) is 0 Å². The normalized spacial score (nSPS) is 20.8. The highest BCUT2D eigenvalue weighted by Gasteiger charge is 2.19. The lowest BCUT2D eigenvalue weighted by Gasteiger charge is -2.27. The molecule has 0 spiro atoms. The van der Waals surface area contributed by atoms with Crippen LogP contribution in [-0.2, 0) is 11.3 Å². The molecule has 0 aromatic heterocycles. The highest BCUT2D eigenvalue weighted by atomic mass is 19.1. The molecule has 3 nitrogen and oxygen atoms in total. The molecule has 1 N–H and O–H groups in total. The molecular weight excluding hydrogens is 231 g/mol. The molecule has 1 atom stereocenters. The van der Waals surface area contributed by atoms with E-state index in [9.17, 15) is 4.39 Å². The maximum Gasteiger partial charge on any atom is 0.129 e. The van der Waals surface area contributed by atoms with Crippen LogP contribution in [0.15, 0.2) is 18.2 Å². The Morgan fingerprint density at radius 3 is 3.11 bits per heavy atom. The van der Waals surface area contributed by atoms with Gasteiger partial charge in [-0.3, -0.25) is 0 Å². The minimum Gasteiger partial charge on any atom is -0.377 e. The van der Waals surface area contributed by atoms with Gasteiger partial charge in [0.25, 0.3) is 0 Å². The van der Waals surface area contributed by atoms with Crippen molar-refractivity contribution in [1.29, 1.82) is 0 Å². The van der Waals surface area contributed by atoms with Crippen LogP contribution < -0.4 is 10.2 Å². The molecule has 1 aromatic rings. The van der Waals surface area contributed by atoms with Crippen LogP contribution in [0.1, 0.15) is 18.9 Å². The zero-order chi connectivity index (χ0) is 13.0. The van der Waals surface area contributed by atoms with Gasteiger partial charge in [-0.25, -0.2) is 4.39 Å². The molecule has 1 aliphatic rings. The zero-order valence-electron chi connectivity index (χ0n) is 11.1. The van der Waals surface area contributed by atoms with Gasteiger partial charge in [0.05, 0.1) is 6.10 Å². The molecule has 1 unspecified atom stereocenters. The second kappa shape index (κ2) is 6.16. The lowest BCUT2D eigenvalue weighted by atomic mass is 10.1. The molecule has 0 aliphatic carbocycles. The van der Waals surface area contributed by atoms with Crippen molar-refractivity contribution in [2.24, 2.45) is 0 Å². The smallest absolute Gasteiger partial charge is 0.129 e. The highest BCUT2D eigenvalue weighted by Crippen LogP contribution is 2.25. The largest absolute Gasteiger partial charge is 0.377 e. The maximum absolute atomic E-state index is 13.9. The van der Waals surface area contributed by atoms with E-state index < -0.39 is 0 Å². The number of hydrogen-bond donors (Lipinski definition) is 1. The minimum atomic E-state index is -0.139. The van der Waals surface area contributed by atoms with Crippen LogP contribution in [0, 0.1) is 5.82 Å². The van der Waals surface area contributed by atoms with Crippen molar-refractivity contribution in [3.63, 3.8) is 0 Å². The van der Waals surface area contributed by atoms with Crippen molar-refractivity contribution in [1.82, 2.24) is 5.32 Å². The Hall–Kier alpha value is -1.13. The number of anilines is 1. The predicted molar refractivity (Wildman–Crippen MR) is 71.4 cm³/mol. The molecular formula is C14H21FN2O. The zero-order valence-corrected chi connectivity index (χ0v) is 11.1. The van der Waals surface area contributed by atoms with Crippen LogP contribution in [0.4, 0.5) is 10.1 Å². The fourth-order valence-electron chi connectivity index (χ4n) is 2.41. The second-order valence-electron chi connectivity index (χ2n) is 4.75. The fraction of sp³-hybridized carbons (Fsp3) is 0.571. The Morgan fingerprint density at radius 2 is 2.33 bits per heavy atom. The van der Waals surface area contributed by atoms with Crippen LogP contribution in [-0.4, -0.2) is 32.8 Å².